The number of carbonyl (C=O) groups is 1. The smallest absolute Gasteiger partial charge is 0.159 e. The summed E-state index contributed by atoms with van der Waals surface area (Å²) in [5, 5.41) is 0. The normalized spacial score (nSPS) is 29.5. The van der Waals surface area contributed by atoms with Crippen molar-refractivity contribution in [2.45, 2.75) is 64.7 Å². The Balaban J connectivity index is 2.12. The van der Waals surface area contributed by atoms with Crippen LogP contribution in [0.3, 0.4) is 0 Å². The number of hydrogen-bond acceptors (Lipinski definition) is 1. The summed E-state index contributed by atoms with van der Waals surface area (Å²) in [6.45, 7) is 2.22. The molecule has 17 heavy (non-hydrogen) atoms. The van der Waals surface area contributed by atoms with Crippen molar-refractivity contribution in [3.8, 4) is 0 Å². The Hall–Kier alpha value is -0.850. The minimum absolute atomic E-state index is 0.446. The molecule has 0 aromatic rings. The number of allylic oxidation sites excluding steroid dienone is 4. The molecule has 0 heterocycles. The van der Waals surface area contributed by atoms with E-state index in [1.54, 1.807) is 0 Å². The van der Waals surface area contributed by atoms with Crippen LogP contribution in [0.25, 0.3) is 0 Å². The lowest BCUT2D eigenvalue weighted by molar-refractivity contribution is -0.117. The second kappa shape index (κ2) is 6.18. The van der Waals surface area contributed by atoms with Gasteiger partial charge >= 0.3 is 0 Å². The average Bonchev–Trinajstić information content (AvgIpc) is 2.33. The van der Waals surface area contributed by atoms with Crippen molar-refractivity contribution in [3.63, 3.8) is 0 Å². The van der Waals surface area contributed by atoms with E-state index >= 15 is 0 Å². The van der Waals surface area contributed by atoms with Gasteiger partial charge in [0.1, 0.15) is 0 Å². The van der Waals surface area contributed by atoms with Crippen LogP contribution >= 0.6 is 0 Å². The molecule has 0 aliphatic heterocycles. The highest BCUT2D eigenvalue weighted by Crippen LogP contribution is 2.33. The minimum atomic E-state index is 0.446. The van der Waals surface area contributed by atoms with Crippen LogP contribution in [0.2, 0.25) is 0 Å². The molecule has 0 fully saturated rings. The third-order valence-electron chi connectivity index (χ3n) is 3.96. The summed E-state index contributed by atoms with van der Waals surface area (Å²) in [6, 6.07) is 0. The molecule has 0 saturated heterocycles. The van der Waals surface area contributed by atoms with Crippen molar-refractivity contribution in [1.82, 2.24) is 0 Å². The molecular formula is C16H24O. The van der Waals surface area contributed by atoms with Crippen LogP contribution < -0.4 is 0 Å². The highest BCUT2D eigenvalue weighted by Gasteiger charge is 2.24. The van der Waals surface area contributed by atoms with E-state index in [2.05, 4.69) is 19.1 Å². The molecule has 0 N–H and O–H groups in total. The Bertz CT molecular complexity index is 335. The molecule has 2 rings (SSSR count). The molecule has 1 unspecified atom stereocenters. The van der Waals surface area contributed by atoms with Crippen LogP contribution in [0, 0.1) is 5.92 Å². The van der Waals surface area contributed by atoms with Crippen LogP contribution in [0.1, 0.15) is 64.7 Å². The van der Waals surface area contributed by atoms with Crippen molar-refractivity contribution in [2.24, 2.45) is 5.92 Å². The predicted molar refractivity (Wildman–Crippen MR) is 71.9 cm³/mol. The van der Waals surface area contributed by atoms with E-state index in [-0.39, 0.29) is 0 Å². The van der Waals surface area contributed by atoms with Crippen LogP contribution in [0.15, 0.2) is 23.3 Å². The maximum atomic E-state index is 12.1. The molecule has 0 spiro atoms. The Morgan fingerprint density at radius 3 is 2.59 bits per heavy atom. The van der Waals surface area contributed by atoms with E-state index in [9.17, 15) is 4.79 Å². The molecule has 1 atom stereocenters. The first kappa shape index (κ1) is 12.6. The summed E-state index contributed by atoms with van der Waals surface area (Å²) in [4.78, 5) is 12.1. The summed E-state index contributed by atoms with van der Waals surface area (Å²) in [7, 11) is 0. The van der Waals surface area contributed by atoms with Crippen molar-refractivity contribution in [3.05, 3.63) is 23.3 Å². The first-order valence-electron chi connectivity index (χ1n) is 7.16. The third-order valence-corrected chi connectivity index (χ3v) is 3.96. The zero-order valence-corrected chi connectivity index (χ0v) is 11.0. The first-order chi connectivity index (χ1) is 8.27. The SMILES string of the molecule is CC1CC(=O)C2=C(CCCC/C=C\CCC2)C1. The van der Waals surface area contributed by atoms with Gasteiger partial charge in [-0.1, -0.05) is 24.6 Å². The van der Waals surface area contributed by atoms with Crippen molar-refractivity contribution in [2.75, 3.05) is 0 Å². The highest BCUT2D eigenvalue weighted by molar-refractivity contribution is 5.97. The molecule has 0 aromatic heterocycles. The summed E-state index contributed by atoms with van der Waals surface area (Å²) in [5.41, 5.74) is 2.70. The second-order valence-corrected chi connectivity index (χ2v) is 5.63. The van der Waals surface area contributed by atoms with Gasteiger partial charge in [-0.05, 0) is 62.9 Å². The quantitative estimate of drug-likeness (QED) is 0.559. The van der Waals surface area contributed by atoms with E-state index in [1.807, 2.05) is 0 Å². The number of hydrogen-bond donors (Lipinski definition) is 0. The van der Waals surface area contributed by atoms with E-state index in [0.29, 0.717) is 11.7 Å². The molecule has 2 aliphatic rings. The molecule has 0 amide bonds. The van der Waals surface area contributed by atoms with Gasteiger partial charge in [-0.3, -0.25) is 4.79 Å². The van der Waals surface area contributed by atoms with Crippen LogP contribution in [0.5, 0.6) is 0 Å². The Morgan fingerprint density at radius 1 is 1.00 bits per heavy atom. The molecule has 1 nitrogen and oxygen atoms in total. The maximum Gasteiger partial charge on any atom is 0.159 e. The Labute approximate surface area is 105 Å². The number of rotatable bonds is 0. The van der Waals surface area contributed by atoms with Crippen molar-refractivity contribution >= 4 is 5.78 Å². The van der Waals surface area contributed by atoms with E-state index in [4.69, 9.17) is 0 Å². The lowest BCUT2D eigenvalue weighted by Crippen LogP contribution is -2.18. The van der Waals surface area contributed by atoms with E-state index in [0.717, 1.165) is 25.7 Å². The maximum absolute atomic E-state index is 12.1. The van der Waals surface area contributed by atoms with Gasteiger partial charge in [0.2, 0.25) is 0 Å². The summed E-state index contributed by atoms with van der Waals surface area (Å²) >= 11 is 0. The lowest BCUT2D eigenvalue weighted by Gasteiger charge is -2.24. The largest absolute Gasteiger partial charge is 0.295 e. The standard InChI is InChI=1S/C16H24O/c1-13-11-14-9-7-5-3-2-4-6-8-10-15(14)16(17)12-13/h2,4,13H,3,5-12H2,1H3/b4-2-. The van der Waals surface area contributed by atoms with Crippen LogP contribution in [-0.4, -0.2) is 5.78 Å². The number of ketones is 1. The Morgan fingerprint density at radius 2 is 1.76 bits per heavy atom. The molecular weight excluding hydrogens is 208 g/mol. The summed E-state index contributed by atoms with van der Waals surface area (Å²) in [6.07, 6.45) is 14.8. The van der Waals surface area contributed by atoms with Crippen LogP contribution in [0.4, 0.5) is 0 Å². The summed E-state index contributed by atoms with van der Waals surface area (Å²) < 4.78 is 0. The number of Topliss-reactive ketones (excluding diaryl/α,β-unsaturated/α-hetero) is 1. The van der Waals surface area contributed by atoms with Gasteiger partial charge in [0, 0.05) is 6.42 Å². The fraction of sp³-hybridized carbons (Fsp3) is 0.688. The molecule has 0 saturated carbocycles. The molecule has 0 bridgehead atoms. The van der Waals surface area contributed by atoms with Gasteiger partial charge in [0.25, 0.3) is 0 Å². The van der Waals surface area contributed by atoms with Crippen LogP contribution in [-0.2, 0) is 4.79 Å². The zero-order chi connectivity index (χ0) is 12.1. The molecule has 2 aliphatic carbocycles. The van der Waals surface area contributed by atoms with Gasteiger partial charge in [-0.15, -0.1) is 0 Å². The van der Waals surface area contributed by atoms with Gasteiger partial charge in [-0.2, -0.15) is 0 Å². The van der Waals surface area contributed by atoms with E-state index in [1.165, 1.54) is 43.3 Å². The Kier molecular flexibility index (Phi) is 4.58. The topological polar surface area (TPSA) is 17.1 Å². The van der Waals surface area contributed by atoms with Crippen molar-refractivity contribution in [1.29, 1.82) is 0 Å². The van der Waals surface area contributed by atoms with Gasteiger partial charge in [0.15, 0.2) is 5.78 Å². The first-order valence-corrected chi connectivity index (χ1v) is 7.16. The van der Waals surface area contributed by atoms with Gasteiger partial charge in [-0.25, -0.2) is 0 Å². The zero-order valence-electron chi connectivity index (χ0n) is 11.0. The molecule has 0 aromatic carbocycles. The monoisotopic (exact) mass is 232 g/mol. The third kappa shape index (κ3) is 3.55. The number of carbonyl (C=O) groups excluding carboxylic acids is 1. The molecule has 94 valence electrons. The minimum Gasteiger partial charge on any atom is -0.295 e. The van der Waals surface area contributed by atoms with Crippen molar-refractivity contribution < 1.29 is 4.79 Å². The predicted octanol–water partition coefficient (Wildman–Crippen LogP) is 4.58. The second-order valence-electron chi connectivity index (χ2n) is 5.63. The fourth-order valence-corrected chi connectivity index (χ4v) is 3.05. The summed E-state index contributed by atoms with van der Waals surface area (Å²) in [5.74, 6) is 1.02. The highest BCUT2D eigenvalue weighted by atomic mass is 16.1. The fourth-order valence-electron chi connectivity index (χ4n) is 3.05. The van der Waals surface area contributed by atoms with Gasteiger partial charge < -0.3 is 0 Å². The average molecular weight is 232 g/mol. The molecule has 0 radical (unpaired) electrons. The van der Waals surface area contributed by atoms with E-state index < -0.39 is 0 Å². The van der Waals surface area contributed by atoms with Gasteiger partial charge in [0.05, 0.1) is 0 Å². The molecule has 1 heteroatoms. The lowest BCUT2D eigenvalue weighted by atomic mass is 9.80.